The third-order valence-electron chi connectivity index (χ3n) is 3.49. The number of carbonyl (C=O) groups is 1. The summed E-state index contributed by atoms with van der Waals surface area (Å²) < 4.78 is 1.71. The van der Waals surface area contributed by atoms with Crippen molar-refractivity contribution < 1.29 is 4.79 Å². The summed E-state index contributed by atoms with van der Waals surface area (Å²) in [6.07, 6.45) is 1.63. The van der Waals surface area contributed by atoms with Crippen molar-refractivity contribution in [2.45, 2.75) is 20.4 Å². The molecule has 1 heterocycles. The Labute approximate surface area is 119 Å². The van der Waals surface area contributed by atoms with Crippen LogP contribution in [0.1, 0.15) is 28.5 Å². The van der Waals surface area contributed by atoms with E-state index in [4.69, 9.17) is 5.73 Å². The van der Waals surface area contributed by atoms with E-state index in [1.165, 1.54) is 0 Å². The van der Waals surface area contributed by atoms with Crippen LogP contribution in [0.3, 0.4) is 0 Å². The molecule has 2 N–H and O–H groups in total. The zero-order valence-corrected chi connectivity index (χ0v) is 12.1. The number of nitrogen functional groups attached to an aromatic ring is 1. The highest BCUT2D eigenvalue weighted by Gasteiger charge is 2.18. The maximum atomic E-state index is 12.5. The lowest BCUT2D eigenvalue weighted by molar-refractivity contribution is 0.0751. The van der Waals surface area contributed by atoms with Crippen molar-refractivity contribution in [3.8, 4) is 0 Å². The van der Waals surface area contributed by atoms with Crippen LogP contribution in [0.5, 0.6) is 0 Å². The molecular weight excluding hydrogens is 252 g/mol. The zero-order chi connectivity index (χ0) is 14.7. The van der Waals surface area contributed by atoms with Crippen LogP contribution in [-0.4, -0.2) is 27.1 Å². The highest BCUT2D eigenvalue weighted by atomic mass is 16.2. The summed E-state index contributed by atoms with van der Waals surface area (Å²) in [5.74, 6) is 0.00919. The first-order chi connectivity index (χ1) is 9.52. The third kappa shape index (κ3) is 2.82. The molecule has 5 heteroatoms. The Morgan fingerprint density at radius 2 is 2.00 bits per heavy atom. The van der Waals surface area contributed by atoms with Crippen molar-refractivity contribution in [2.75, 3.05) is 12.3 Å². The summed E-state index contributed by atoms with van der Waals surface area (Å²) in [4.78, 5) is 14.3. The first kappa shape index (κ1) is 14.1. The van der Waals surface area contributed by atoms with Gasteiger partial charge in [-0.25, -0.2) is 0 Å². The molecule has 2 rings (SSSR count). The van der Waals surface area contributed by atoms with Gasteiger partial charge in [0.15, 0.2) is 0 Å². The van der Waals surface area contributed by atoms with Crippen molar-refractivity contribution in [2.24, 2.45) is 7.05 Å². The van der Waals surface area contributed by atoms with Gasteiger partial charge in [0.25, 0.3) is 5.91 Å². The predicted molar refractivity (Wildman–Crippen MR) is 79.2 cm³/mol. The summed E-state index contributed by atoms with van der Waals surface area (Å²) in [6, 6.07) is 7.59. The number of amides is 1. The molecule has 0 saturated heterocycles. The molecule has 0 atom stereocenters. The molecule has 0 aliphatic heterocycles. The van der Waals surface area contributed by atoms with E-state index in [2.05, 4.69) is 5.10 Å². The van der Waals surface area contributed by atoms with E-state index in [1.807, 2.05) is 45.2 Å². The molecule has 20 heavy (non-hydrogen) atoms. The number of aromatic nitrogens is 2. The van der Waals surface area contributed by atoms with Crippen LogP contribution in [0.15, 0.2) is 30.5 Å². The van der Waals surface area contributed by atoms with Crippen LogP contribution in [0.25, 0.3) is 0 Å². The van der Waals surface area contributed by atoms with Gasteiger partial charge in [-0.2, -0.15) is 5.10 Å². The van der Waals surface area contributed by atoms with E-state index in [1.54, 1.807) is 15.8 Å². The summed E-state index contributed by atoms with van der Waals surface area (Å²) in [5, 5.41) is 4.13. The van der Waals surface area contributed by atoms with Gasteiger partial charge < -0.3 is 10.6 Å². The Hall–Kier alpha value is -2.30. The number of carbonyl (C=O) groups excluding carboxylic acids is 1. The lowest BCUT2D eigenvalue weighted by Gasteiger charge is -2.21. The van der Waals surface area contributed by atoms with Gasteiger partial charge in [-0.3, -0.25) is 9.48 Å². The number of rotatable bonds is 4. The average Bonchev–Trinajstić information content (AvgIpc) is 2.78. The van der Waals surface area contributed by atoms with Crippen molar-refractivity contribution in [1.29, 1.82) is 0 Å². The number of benzene rings is 1. The van der Waals surface area contributed by atoms with Gasteiger partial charge in [0.05, 0.1) is 11.8 Å². The summed E-state index contributed by atoms with van der Waals surface area (Å²) in [7, 11) is 1.84. The molecular formula is C15H20N4O. The highest BCUT2D eigenvalue weighted by molar-refractivity contribution is 5.95. The minimum Gasteiger partial charge on any atom is -0.399 e. The second kappa shape index (κ2) is 5.77. The number of nitrogens with two attached hydrogens (primary N) is 1. The Bertz CT molecular complexity index is 601. The molecule has 0 radical (unpaired) electrons. The van der Waals surface area contributed by atoms with Gasteiger partial charge in [0.2, 0.25) is 0 Å². The lowest BCUT2D eigenvalue weighted by Crippen LogP contribution is -2.30. The number of hydrogen-bond acceptors (Lipinski definition) is 3. The predicted octanol–water partition coefficient (Wildman–Crippen LogP) is 1.97. The molecule has 0 saturated carbocycles. The lowest BCUT2D eigenvalue weighted by atomic mass is 10.1. The molecule has 0 bridgehead atoms. The topological polar surface area (TPSA) is 64.2 Å². The first-order valence-electron chi connectivity index (χ1n) is 6.65. The fraction of sp³-hybridized carbons (Fsp3) is 0.333. The number of aryl methyl sites for hydroxylation is 1. The van der Waals surface area contributed by atoms with Crippen molar-refractivity contribution in [3.05, 3.63) is 47.3 Å². The Morgan fingerprint density at radius 1 is 1.35 bits per heavy atom. The quantitative estimate of drug-likeness (QED) is 0.865. The maximum Gasteiger partial charge on any atom is 0.257 e. The minimum atomic E-state index is 0.00919. The van der Waals surface area contributed by atoms with Crippen molar-refractivity contribution in [1.82, 2.24) is 14.7 Å². The van der Waals surface area contributed by atoms with E-state index in [-0.39, 0.29) is 5.91 Å². The highest BCUT2D eigenvalue weighted by Crippen LogP contribution is 2.14. The average molecular weight is 272 g/mol. The smallest absolute Gasteiger partial charge is 0.257 e. The van der Waals surface area contributed by atoms with E-state index in [9.17, 15) is 4.79 Å². The van der Waals surface area contributed by atoms with Gasteiger partial charge in [0, 0.05) is 31.5 Å². The molecule has 0 aliphatic rings. The fourth-order valence-electron chi connectivity index (χ4n) is 2.05. The summed E-state index contributed by atoms with van der Waals surface area (Å²) in [5.41, 5.74) is 9.00. The second-order valence-corrected chi connectivity index (χ2v) is 4.83. The van der Waals surface area contributed by atoms with Gasteiger partial charge in [-0.05, 0) is 31.5 Å². The number of anilines is 1. The molecule has 1 aromatic carbocycles. The first-order valence-corrected chi connectivity index (χ1v) is 6.65. The molecule has 1 aromatic heterocycles. The Kier molecular flexibility index (Phi) is 4.08. The maximum absolute atomic E-state index is 12.5. The van der Waals surface area contributed by atoms with E-state index < -0.39 is 0 Å². The fourth-order valence-corrected chi connectivity index (χ4v) is 2.05. The molecule has 0 unspecified atom stereocenters. The van der Waals surface area contributed by atoms with Crippen LogP contribution >= 0.6 is 0 Å². The number of hydrogen-bond donors (Lipinski definition) is 1. The molecule has 0 aliphatic carbocycles. The van der Waals surface area contributed by atoms with Crippen LogP contribution in [-0.2, 0) is 13.6 Å². The normalized spacial score (nSPS) is 10.6. The largest absolute Gasteiger partial charge is 0.399 e. The SMILES string of the molecule is CCN(Cc1ccc(N)cc1)C(=O)c1cnn(C)c1C. The molecule has 2 aromatic rings. The minimum absolute atomic E-state index is 0.00919. The van der Waals surface area contributed by atoms with E-state index in [0.717, 1.165) is 16.9 Å². The zero-order valence-electron chi connectivity index (χ0n) is 12.1. The van der Waals surface area contributed by atoms with E-state index in [0.29, 0.717) is 18.7 Å². The van der Waals surface area contributed by atoms with Crippen LogP contribution in [0, 0.1) is 6.92 Å². The van der Waals surface area contributed by atoms with Gasteiger partial charge in [0.1, 0.15) is 0 Å². The van der Waals surface area contributed by atoms with Gasteiger partial charge >= 0.3 is 0 Å². The van der Waals surface area contributed by atoms with Crippen LogP contribution in [0.2, 0.25) is 0 Å². The Balaban J connectivity index is 2.17. The van der Waals surface area contributed by atoms with Crippen molar-refractivity contribution in [3.63, 3.8) is 0 Å². The van der Waals surface area contributed by atoms with Gasteiger partial charge in [-0.15, -0.1) is 0 Å². The van der Waals surface area contributed by atoms with Gasteiger partial charge in [-0.1, -0.05) is 12.1 Å². The summed E-state index contributed by atoms with van der Waals surface area (Å²) >= 11 is 0. The Morgan fingerprint density at radius 3 is 2.50 bits per heavy atom. The van der Waals surface area contributed by atoms with Crippen molar-refractivity contribution >= 4 is 11.6 Å². The molecule has 106 valence electrons. The molecule has 5 nitrogen and oxygen atoms in total. The van der Waals surface area contributed by atoms with E-state index >= 15 is 0 Å². The molecule has 1 amide bonds. The standard InChI is InChI=1S/C15H20N4O/c1-4-19(10-12-5-7-13(16)8-6-12)15(20)14-9-17-18(3)11(14)2/h5-9H,4,10,16H2,1-3H3. The molecule has 0 fully saturated rings. The second-order valence-electron chi connectivity index (χ2n) is 4.83. The monoisotopic (exact) mass is 272 g/mol. The number of nitrogens with zero attached hydrogens (tertiary/aromatic N) is 3. The van der Waals surface area contributed by atoms with Crippen LogP contribution < -0.4 is 5.73 Å². The molecule has 0 spiro atoms. The third-order valence-corrected chi connectivity index (χ3v) is 3.49. The summed E-state index contributed by atoms with van der Waals surface area (Å²) in [6.45, 7) is 5.10. The van der Waals surface area contributed by atoms with Crippen LogP contribution in [0.4, 0.5) is 5.69 Å².